The highest BCUT2D eigenvalue weighted by atomic mass is 15.1. The highest BCUT2D eigenvalue weighted by Crippen LogP contribution is 2.51. The van der Waals surface area contributed by atoms with Gasteiger partial charge in [0.05, 0.1) is 22.1 Å². The second-order valence-electron chi connectivity index (χ2n) is 13.4. The molecule has 2 N–H and O–H groups in total. The van der Waals surface area contributed by atoms with Gasteiger partial charge in [-0.25, -0.2) is 4.98 Å². The van der Waals surface area contributed by atoms with Gasteiger partial charge in [-0.1, -0.05) is 30.8 Å². The summed E-state index contributed by atoms with van der Waals surface area (Å²) < 4.78 is 4.51. The maximum absolute atomic E-state index is 9.08. The molecule has 0 aliphatic heterocycles. The lowest BCUT2D eigenvalue weighted by Crippen LogP contribution is -2.17. The van der Waals surface area contributed by atoms with Crippen molar-refractivity contribution in [2.75, 3.05) is 7.05 Å². The molecule has 6 nitrogen and oxygen atoms in total. The third-order valence-corrected chi connectivity index (χ3v) is 10.8. The van der Waals surface area contributed by atoms with Crippen LogP contribution in [0.5, 0.6) is 0 Å². The normalized spacial score (nSPS) is 13.5. The van der Waals surface area contributed by atoms with E-state index in [-0.39, 0.29) is 0 Å². The Labute approximate surface area is 289 Å². The summed E-state index contributed by atoms with van der Waals surface area (Å²) >= 11 is 0. The molecule has 10 rings (SSSR count). The van der Waals surface area contributed by atoms with Gasteiger partial charge in [0.2, 0.25) is 0 Å². The largest absolute Gasteiger partial charge is 0.394 e. The Morgan fingerprint density at radius 1 is 0.760 bits per heavy atom. The van der Waals surface area contributed by atoms with Crippen LogP contribution in [0.25, 0.3) is 77.8 Å². The molecule has 2 aliphatic carbocycles. The van der Waals surface area contributed by atoms with Gasteiger partial charge in [0.25, 0.3) is 0 Å². The molecule has 4 aromatic heterocycles. The molecule has 0 bridgehead atoms. The molecular weight excluding hydrogens is 613 g/mol. The zero-order valence-electron chi connectivity index (χ0n) is 27.8. The molecule has 0 amide bonds. The second-order valence-corrected chi connectivity index (χ2v) is 13.4. The number of benzene rings is 4. The average Bonchev–Trinajstić information content (AvgIpc) is 3.68. The fourth-order valence-electron chi connectivity index (χ4n) is 8.74. The number of allylic oxidation sites excluding steroid dienone is 1. The van der Waals surface area contributed by atoms with Gasteiger partial charge in [0.15, 0.2) is 0 Å². The quantitative estimate of drug-likeness (QED) is 0.145. The van der Waals surface area contributed by atoms with Crippen LogP contribution in [-0.2, 0) is 25.7 Å². The first kappa shape index (κ1) is 28.7. The molecule has 0 spiro atoms. The maximum atomic E-state index is 9.08. The van der Waals surface area contributed by atoms with Gasteiger partial charge in [-0.3, -0.25) is 19.5 Å². The monoisotopic (exact) mass is 646 g/mol. The molecule has 8 aromatic rings. The SMILES string of the molecule is C=CC(=N)n1c2ccc(C=CNC)cc2c2cc3c4c(c21)CCc1cc2c5cc(-c6cccnc6)ccc5n(-c5ccccn5)c2c(c1-4)CC3. The van der Waals surface area contributed by atoms with E-state index >= 15 is 0 Å². The number of hydrogen-bond donors (Lipinski definition) is 2. The Balaban J connectivity index is 1.30. The van der Waals surface area contributed by atoms with E-state index in [1.54, 1.807) is 6.08 Å². The van der Waals surface area contributed by atoms with Gasteiger partial charge in [0.1, 0.15) is 11.7 Å². The molecule has 240 valence electrons. The van der Waals surface area contributed by atoms with Crippen LogP contribution in [0.2, 0.25) is 0 Å². The van der Waals surface area contributed by atoms with E-state index in [1.165, 1.54) is 60.4 Å². The minimum Gasteiger partial charge on any atom is -0.394 e. The molecule has 0 saturated carbocycles. The van der Waals surface area contributed by atoms with Gasteiger partial charge in [0, 0.05) is 52.7 Å². The molecule has 0 fully saturated rings. The van der Waals surface area contributed by atoms with Crippen molar-refractivity contribution in [3.05, 3.63) is 144 Å². The van der Waals surface area contributed by atoms with Crippen molar-refractivity contribution in [3.63, 3.8) is 0 Å². The van der Waals surface area contributed by atoms with Gasteiger partial charge in [-0.15, -0.1) is 0 Å². The zero-order chi connectivity index (χ0) is 33.5. The minimum absolute atomic E-state index is 0.400. The molecule has 4 aromatic carbocycles. The molecule has 2 aliphatic rings. The summed E-state index contributed by atoms with van der Waals surface area (Å²) in [5.41, 5.74) is 16.3. The van der Waals surface area contributed by atoms with Gasteiger partial charge in [-0.2, -0.15) is 0 Å². The van der Waals surface area contributed by atoms with Crippen LogP contribution in [0.3, 0.4) is 0 Å². The Hall–Kier alpha value is -6.27. The Kier molecular flexibility index (Phi) is 6.24. The lowest BCUT2D eigenvalue weighted by molar-refractivity contribution is 0.883. The second kappa shape index (κ2) is 10.9. The number of pyridine rings is 2. The Morgan fingerprint density at radius 3 is 2.24 bits per heavy atom. The number of rotatable bonds is 5. The van der Waals surface area contributed by atoms with E-state index in [2.05, 4.69) is 98.8 Å². The van der Waals surface area contributed by atoms with Crippen molar-refractivity contribution in [1.29, 1.82) is 5.41 Å². The number of aromatic nitrogens is 4. The first-order valence-electron chi connectivity index (χ1n) is 17.3. The standard InChI is InChI=1S/C44H34N6/c1-3-39(45)49-37-15-9-26(17-20-46-2)21-33(37)35-23-28-11-14-32-42-29(10-13-31(41(28)42)43(35)49)24-36-34-22-27(30-7-6-18-47-25-30)12-16-38(34)50(44(32)36)40-8-4-5-19-48-40/h3-9,12,15-25,45-46H,1,10-11,13-14H2,2H3. The van der Waals surface area contributed by atoms with E-state index in [0.29, 0.717) is 5.84 Å². The van der Waals surface area contributed by atoms with Crippen LogP contribution in [0.1, 0.15) is 27.8 Å². The summed E-state index contributed by atoms with van der Waals surface area (Å²) in [6, 6.07) is 28.5. The third kappa shape index (κ3) is 3.99. The van der Waals surface area contributed by atoms with Gasteiger partial charge >= 0.3 is 0 Å². The molecule has 0 radical (unpaired) electrons. The van der Waals surface area contributed by atoms with Crippen LogP contribution in [0.4, 0.5) is 0 Å². The number of aryl methyl sites for hydroxylation is 4. The predicted molar refractivity (Wildman–Crippen MR) is 206 cm³/mol. The van der Waals surface area contributed by atoms with Crippen molar-refractivity contribution >= 4 is 55.5 Å². The molecule has 0 saturated heterocycles. The number of hydrogen-bond acceptors (Lipinski definition) is 4. The van der Waals surface area contributed by atoms with Crippen LogP contribution < -0.4 is 5.32 Å². The van der Waals surface area contributed by atoms with E-state index in [0.717, 1.165) is 64.7 Å². The first-order valence-corrected chi connectivity index (χ1v) is 17.3. The van der Waals surface area contributed by atoms with Crippen molar-refractivity contribution in [2.45, 2.75) is 25.7 Å². The van der Waals surface area contributed by atoms with E-state index in [4.69, 9.17) is 10.4 Å². The summed E-state index contributed by atoms with van der Waals surface area (Å²) in [6.07, 6.45) is 15.1. The first-order chi connectivity index (χ1) is 24.6. The molecule has 0 unspecified atom stereocenters. The number of nitrogens with one attached hydrogen (secondary N) is 2. The average molecular weight is 647 g/mol. The summed E-state index contributed by atoms with van der Waals surface area (Å²) in [5, 5.41) is 17.1. The highest BCUT2D eigenvalue weighted by Gasteiger charge is 2.33. The van der Waals surface area contributed by atoms with E-state index in [9.17, 15) is 0 Å². The fraction of sp³-hybridized carbons (Fsp3) is 0.114. The summed E-state index contributed by atoms with van der Waals surface area (Å²) in [7, 11) is 1.92. The number of fused-ring (bicyclic) bond motifs is 8. The molecule has 50 heavy (non-hydrogen) atoms. The third-order valence-electron chi connectivity index (χ3n) is 10.8. The van der Waals surface area contributed by atoms with Gasteiger partial charge < -0.3 is 5.32 Å². The molecule has 4 heterocycles. The van der Waals surface area contributed by atoms with Crippen molar-refractivity contribution in [3.8, 4) is 28.1 Å². The molecule has 6 heteroatoms. The van der Waals surface area contributed by atoms with Crippen LogP contribution >= 0.6 is 0 Å². The summed E-state index contributed by atoms with van der Waals surface area (Å²) in [6.45, 7) is 4.02. The topological polar surface area (TPSA) is 71.5 Å². The lowest BCUT2D eigenvalue weighted by atomic mass is 9.74. The van der Waals surface area contributed by atoms with E-state index in [1.807, 2.05) is 44.0 Å². The fourth-order valence-corrected chi connectivity index (χ4v) is 8.74. The van der Waals surface area contributed by atoms with Crippen molar-refractivity contribution in [2.24, 2.45) is 0 Å². The Bertz CT molecular complexity index is 2760. The smallest absolute Gasteiger partial charge is 0.137 e. The molecule has 0 atom stereocenters. The highest BCUT2D eigenvalue weighted by molar-refractivity contribution is 6.19. The van der Waals surface area contributed by atoms with Gasteiger partial charge in [-0.05, 0) is 143 Å². The van der Waals surface area contributed by atoms with Crippen LogP contribution in [0.15, 0.2) is 116 Å². The van der Waals surface area contributed by atoms with Crippen LogP contribution in [-0.4, -0.2) is 32.0 Å². The summed E-state index contributed by atoms with van der Waals surface area (Å²) in [4.78, 5) is 9.29. The van der Waals surface area contributed by atoms with E-state index < -0.39 is 0 Å². The minimum atomic E-state index is 0.400. The van der Waals surface area contributed by atoms with Crippen molar-refractivity contribution in [1.82, 2.24) is 24.4 Å². The predicted octanol–water partition coefficient (Wildman–Crippen LogP) is 9.41. The summed E-state index contributed by atoms with van der Waals surface area (Å²) in [5.74, 6) is 1.33. The van der Waals surface area contributed by atoms with Crippen LogP contribution in [0, 0.1) is 5.41 Å². The zero-order valence-corrected chi connectivity index (χ0v) is 27.8. The number of nitrogens with zero attached hydrogens (tertiary/aromatic N) is 4. The Morgan fingerprint density at radius 2 is 1.52 bits per heavy atom. The molecular formula is C44H34N6. The maximum Gasteiger partial charge on any atom is 0.137 e. The lowest BCUT2D eigenvalue weighted by Gasteiger charge is -2.31. The van der Waals surface area contributed by atoms with Crippen molar-refractivity contribution < 1.29 is 0 Å².